The van der Waals surface area contributed by atoms with Gasteiger partial charge in [-0.25, -0.2) is 0 Å². The van der Waals surface area contributed by atoms with Gasteiger partial charge in [0.1, 0.15) is 13.2 Å². The summed E-state index contributed by atoms with van der Waals surface area (Å²) in [4.78, 5) is 38.0. The molecule has 6 nitrogen and oxygen atoms in total. The number of hydrogen-bond donors (Lipinski definition) is 0. The third kappa shape index (κ3) is 56.7. The van der Waals surface area contributed by atoms with Crippen LogP contribution in [0.15, 0.2) is 122 Å². The van der Waals surface area contributed by atoms with E-state index in [9.17, 15) is 14.4 Å². The fourth-order valence-corrected chi connectivity index (χ4v) is 7.79. The minimum atomic E-state index is -0.807. The predicted octanol–water partition coefficient (Wildman–Crippen LogP) is 20.0. The van der Waals surface area contributed by atoms with Crippen molar-refractivity contribution in [3.8, 4) is 0 Å². The molecule has 0 fully saturated rings. The van der Waals surface area contributed by atoms with Gasteiger partial charge in [0.25, 0.3) is 0 Å². The monoisotopic (exact) mass is 997 g/mol. The van der Waals surface area contributed by atoms with Gasteiger partial charge in [-0.05, 0) is 109 Å². The second-order valence-electron chi connectivity index (χ2n) is 19.2. The molecule has 0 aliphatic heterocycles. The zero-order valence-electron chi connectivity index (χ0n) is 46.7. The fraction of sp³-hybridized carbons (Fsp3) is 0.652. The van der Waals surface area contributed by atoms with Gasteiger partial charge in [-0.1, -0.05) is 251 Å². The highest BCUT2D eigenvalue weighted by Gasteiger charge is 2.19. The Bertz CT molecular complexity index is 1520. The lowest BCUT2D eigenvalue weighted by molar-refractivity contribution is -0.167. The van der Waals surface area contributed by atoms with Crippen molar-refractivity contribution in [2.24, 2.45) is 0 Å². The Balaban J connectivity index is 4.37. The van der Waals surface area contributed by atoms with E-state index in [1.54, 1.807) is 0 Å². The summed E-state index contributed by atoms with van der Waals surface area (Å²) in [5, 5.41) is 0. The molecule has 0 bridgehead atoms. The van der Waals surface area contributed by atoms with Crippen molar-refractivity contribution in [2.75, 3.05) is 13.2 Å². The quantitative estimate of drug-likeness (QED) is 0.0261. The van der Waals surface area contributed by atoms with Gasteiger partial charge in [0, 0.05) is 19.3 Å². The Kier molecular flexibility index (Phi) is 55.9. The summed E-state index contributed by atoms with van der Waals surface area (Å²) in [6.45, 7) is 6.43. The van der Waals surface area contributed by atoms with E-state index >= 15 is 0 Å². The first kappa shape index (κ1) is 67.8. The van der Waals surface area contributed by atoms with Crippen molar-refractivity contribution < 1.29 is 28.6 Å². The molecule has 0 aromatic heterocycles. The average Bonchev–Trinajstić information content (AvgIpc) is 3.38. The number of esters is 3. The molecular formula is C66H108O6. The number of carbonyl (C=O) groups excluding carboxylic acids is 3. The van der Waals surface area contributed by atoms with E-state index in [2.05, 4.69) is 142 Å². The van der Waals surface area contributed by atoms with Gasteiger partial charge in [-0.3, -0.25) is 14.4 Å². The zero-order valence-corrected chi connectivity index (χ0v) is 46.7. The largest absolute Gasteiger partial charge is 0.462 e. The molecular weight excluding hydrogens is 889 g/mol. The molecule has 1 atom stereocenters. The van der Waals surface area contributed by atoms with Crippen molar-refractivity contribution in [3.63, 3.8) is 0 Å². The zero-order chi connectivity index (χ0) is 52.2. The number of rotatable bonds is 52. The average molecular weight is 998 g/mol. The minimum Gasteiger partial charge on any atom is -0.462 e. The van der Waals surface area contributed by atoms with Gasteiger partial charge in [-0.2, -0.15) is 0 Å². The summed E-state index contributed by atoms with van der Waals surface area (Å²) < 4.78 is 16.8. The Hall–Kier alpha value is -4.19. The van der Waals surface area contributed by atoms with Crippen molar-refractivity contribution in [2.45, 2.75) is 264 Å². The number of allylic oxidation sites excluding steroid dienone is 20. The van der Waals surface area contributed by atoms with Crippen LogP contribution in [0, 0.1) is 0 Å². The van der Waals surface area contributed by atoms with Crippen molar-refractivity contribution in [1.29, 1.82) is 0 Å². The summed E-state index contributed by atoms with van der Waals surface area (Å²) in [6, 6.07) is 0. The van der Waals surface area contributed by atoms with Gasteiger partial charge < -0.3 is 14.2 Å². The standard InChI is InChI=1S/C66H108O6/c1-4-7-10-13-16-19-21-23-25-27-29-31-33-35-37-39-41-43-45-47-50-53-56-59-65(68)71-62-63(61-70-64(67)58-55-52-49-18-15-12-9-6-3)72-66(69)60-57-54-51-48-46-44-42-40-38-36-34-32-30-28-26-24-22-20-17-14-11-8-5-2/h7,10,16,19,22-25,28-31,34-37,41,43,47,50,63H,4-6,8-9,11-15,17-18,20-21,26-27,32-33,38-40,42,44-46,48-49,51-62H2,1-3H3/b10-7-,19-16-,24-22-,25-23-,30-28-,31-29-,36-34-,37-35-,43-41-,50-47-. The molecule has 0 aliphatic carbocycles. The third-order valence-corrected chi connectivity index (χ3v) is 12.2. The Morgan fingerprint density at radius 1 is 0.292 bits per heavy atom. The molecule has 0 N–H and O–H groups in total. The molecule has 0 aromatic carbocycles. The van der Waals surface area contributed by atoms with Gasteiger partial charge in [-0.15, -0.1) is 0 Å². The lowest BCUT2D eigenvalue weighted by Crippen LogP contribution is -2.30. The summed E-state index contributed by atoms with van der Waals surface area (Å²) in [6.07, 6.45) is 82.1. The molecule has 0 spiro atoms. The Morgan fingerprint density at radius 2 is 0.556 bits per heavy atom. The predicted molar refractivity (Wildman–Crippen MR) is 311 cm³/mol. The molecule has 72 heavy (non-hydrogen) atoms. The van der Waals surface area contributed by atoms with E-state index in [1.165, 1.54) is 103 Å². The summed E-state index contributed by atoms with van der Waals surface area (Å²) in [5.41, 5.74) is 0. The van der Waals surface area contributed by atoms with Crippen LogP contribution >= 0.6 is 0 Å². The van der Waals surface area contributed by atoms with Crippen LogP contribution in [0.2, 0.25) is 0 Å². The smallest absolute Gasteiger partial charge is 0.306 e. The van der Waals surface area contributed by atoms with Gasteiger partial charge >= 0.3 is 17.9 Å². The van der Waals surface area contributed by atoms with Crippen molar-refractivity contribution in [3.05, 3.63) is 122 Å². The first-order chi connectivity index (χ1) is 35.5. The number of carbonyl (C=O) groups is 3. The summed E-state index contributed by atoms with van der Waals surface area (Å²) in [7, 11) is 0. The van der Waals surface area contributed by atoms with Crippen LogP contribution in [0.5, 0.6) is 0 Å². The highest BCUT2D eigenvalue weighted by atomic mass is 16.6. The maximum Gasteiger partial charge on any atom is 0.306 e. The van der Waals surface area contributed by atoms with Gasteiger partial charge in [0.15, 0.2) is 6.10 Å². The topological polar surface area (TPSA) is 78.9 Å². The molecule has 0 heterocycles. The van der Waals surface area contributed by atoms with E-state index in [0.29, 0.717) is 19.3 Å². The molecule has 1 unspecified atom stereocenters. The van der Waals surface area contributed by atoms with Gasteiger partial charge in [0.2, 0.25) is 0 Å². The van der Waals surface area contributed by atoms with Crippen LogP contribution in [0.3, 0.4) is 0 Å². The van der Waals surface area contributed by atoms with E-state index in [-0.39, 0.29) is 37.5 Å². The van der Waals surface area contributed by atoms with Crippen LogP contribution < -0.4 is 0 Å². The Morgan fingerprint density at radius 3 is 0.903 bits per heavy atom. The summed E-state index contributed by atoms with van der Waals surface area (Å²) in [5.74, 6) is -0.976. The van der Waals surface area contributed by atoms with Crippen LogP contribution in [0.4, 0.5) is 0 Å². The lowest BCUT2D eigenvalue weighted by atomic mass is 10.1. The second-order valence-corrected chi connectivity index (χ2v) is 19.2. The van der Waals surface area contributed by atoms with E-state index < -0.39 is 6.10 Å². The lowest BCUT2D eigenvalue weighted by Gasteiger charge is -2.18. The highest BCUT2D eigenvalue weighted by Crippen LogP contribution is 2.14. The van der Waals surface area contributed by atoms with Crippen LogP contribution in [-0.4, -0.2) is 37.2 Å². The molecule has 0 aromatic rings. The van der Waals surface area contributed by atoms with E-state index in [4.69, 9.17) is 14.2 Å². The van der Waals surface area contributed by atoms with Crippen LogP contribution in [0.25, 0.3) is 0 Å². The molecule has 0 radical (unpaired) electrons. The van der Waals surface area contributed by atoms with Crippen molar-refractivity contribution >= 4 is 17.9 Å². The number of ether oxygens (including phenoxy) is 3. The molecule has 0 aliphatic rings. The van der Waals surface area contributed by atoms with Gasteiger partial charge in [0.05, 0.1) is 0 Å². The van der Waals surface area contributed by atoms with Crippen LogP contribution in [0.1, 0.15) is 258 Å². The maximum atomic E-state index is 12.8. The van der Waals surface area contributed by atoms with Crippen molar-refractivity contribution in [1.82, 2.24) is 0 Å². The molecule has 0 amide bonds. The molecule has 0 saturated carbocycles. The first-order valence-corrected chi connectivity index (χ1v) is 29.5. The highest BCUT2D eigenvalue weighted by molar-refractivity contribution is 5.71. The number of unbranched alkanes of at least 4 members (excludes halogenated alkanes) is 21. The molecule has 408 valence electrons. The molecule has 0 rings (SSSR count). The normalized spacial score (nSPS) is 13.0. The second kappa shape index (κ2) is 59.4. The molecule has 0 saturated heterocycles. The molecule has 6 heteroatoms. The minimum absolute atomic E-state index is 0.101. The third-order valence-electron chi connectivity index (χ3n) is 12.2. The van der Waals surface area contributed by atoms with Crippen LogP contribution in [-0.2, 0) is 28.6 Å². The maximum absolute atomic E-state index is 12.8. The first-order valence-electron chi connectivity index (χ1n) is 29.5. The van der Waals surface area contributed by atoms with E-state index in [1.807, 2.05) is 0 Å². The Labute approximate surface area is 443 Å². The SMILES string of the molecule is CC/C=C\C/C=C\C/C=C\C/C=C\C/C=C\C/C=C\C/C=C\CCCC(=O)OCC(COC(=O)CCCCCCCCCC)OC(=O)CCCCCCCCCC/C=C\C/C=C\C/C=C\CCCCCCC. The van der Waals surface area contributed by atoms with E-state index in [0.717, 1.165) is 109 Å². The summed E-state index contributed by atoms with van der Waals surface area (Å²) >= 11 is 0. The number of hydrogen-bond acceptors (Lipinski definition) is 6. The fourth-order valence-electron chi connectivity index (χ4n) is 7.79.